The molecule has 2 rings (SSSR count). The van der Waals surface area contributed by atoms with Crippen LogP contribution in [0.2, 0.25) is 0 Å². The molecular weight excluding hydrogens is 308 g/mol. The van der Waals surface area contributed by atoms with Crippen LogP contribution in [-0.2, 0) is 6.54 Å². The van der Waals surface area contributed by atoms with Crippen LogP contribution in [0, 0.1) is 0 Å². The van der Waals surface area contributed by atoms with E-state index < -0.39 is 6.10 Å². The second kappa shape index (κ2) is 8.79. The molecule has 1 atom stereocenters. The number of methoxy groups -OCH3 is 2. The van der Waals surface area contributed by atoms with Crippen molar-refractivity contribution >= 4 is 6.03 Å². The summed E-state index contributed by atoms with van der Waals surface area (Å²) in [6.07, 6.45) is -0.840. The van der Waals surface area contributed by atoms with Gasteiger partial charge in [0.05, 0.1) is 20.3 Å². The first-order chi connectivity index (χ1) is 11.6. The maximum Gasteiger partial charge on any atom is 0.315 e. The number of carbonyl (C=O) groups is 1. The predicted molar refractivity (Wildman–Crippen MR) is 91.2 cm³/mol. The van der Waals surface area contributed by atoms with Crippen LogP contribution < -0.4 is 20.1 Å². The summed E-state index contributed by atoms with van der Waals surface area (Å²) in [5.41, 5.74) is 1.64. The van der Waals surface area contributed by atoms with E-state index in [-0.39, 0.29) is 12.6 Å². The molecule has 0 heterocycles. The molecule has 0 bridgehead atoms. The van der Waals surface area contributed by atoms with Crippen LogP contribution in [0.4, 0.5) is 4.79 Å². The van der Waals surface area contributed by atoms with Gasteiger partial charge in [-0.25, -0.2) is 4.79 Å². The molecule has 0 aliphatic heterocycles. The minimum absolute atomic E-state index is 0.0934. The summed E-state index contributed by atoms with van der Waals surface area (Å²) in [5.74, 6) is 1.12. The van der Waals surface area contributed by atoms with Gasteiger partial charge in [-0.05, 0) is 23.3 Å². The van der Waals surface area contributed by atoms with E-state index >= 15 is 0 Å². The van der Waals surface area contributed by atoms with Gasteiger partial charge in [-0.3, -0.25) is 0 Å². The monoisotopic (exact) mass is 330 g/mol. The Morgan fingerprint density at radius 1 is 1.04 bits per heavy atom. The van der Waals surface area contributed by atoms with Crippen molar-refractivity contribution in [2.45, 2.75) is 12.6 Å². The van der Waals surface area contributed by atoms with Crippen LogP contribution in [0.1, 0.15) is 17.2 Å². The van der Waals surface area contributed by atoms with Crippen LogP contribution in [0.3, 0.4) is 0 Å². The summed E-state index contributed by atoms with van der Waals surface area (Å²) in [7, 11) is 3.08. The highest BCUT2D eigenvalue weighted by molar-refractivity contribution is 5.73. The first kappa shape index (κ1) is 17.6. The number of urea groups is 1. The first-order valence-corrected chi connectivity index (χ1v) is 7.59. The molecule has 0 aliphatic carbocycles. The molecule has 3 N–H and O–H groups in total. The largest absolute Gasteiger partial charge is 0.493 e. The van der Waals surface area contributed by atoms with Gasteiger partial charge < -0.3 is 25.2 Å². The maximum atomic E-state index is 11.8. The predicted octanol–water partition coefficient (Wildman–Crippen LogP) is 2.24. The SMILES string of the molecule is COc1ccc(C(O)CNC(=O)NCc2ccccc2)cc1OC. The van der Waals surface area contributed by atoms with Gasteiger partial charge in [-0.15, -0.1) is 0 Å². The Labute approximate surface area is 141 Å². The van der Waals surface area contributed by atoms with E-state index in [0.29, 0.717) is 23.6 Å². The number of aliphatic hydroxyl groups excluding tert-OH is 1. The van der Waals surface area contributed by atoms with Crippen molar-refractivity contribution in [2.75, 3.05) is 20.8 Å². The number of ether oxygens (including phenoxy) is 2. The fourth-order valence-corrected chi connectivity index (χ4v) is 2.21. The number of rotatable bonds is 7. The van der Waals surface area contributed by atoms with Crippen molar-refractivity contribution in [2.24, 2.45) is 0 Å². The molecule has 0 aromatic heterocycles. The minimum atomic E-state index is -0.840. The Kier molecular flexibility index (Phi) is 6.45. The van der Waals surface area contributed by atoms with E-state index in [1.807, 2.05) is 30.3 Å². The van der Waals surface area contributed by atoms with Crippen molar-refractivity contribution < 1.29 is 19.4 Å². The van der Waals surface area contributed by atoms with Crippen molar-refractivity contribution in [3.63, 3.8) is 0 Å². The molecule has 0 radical (unpaired) electrons. The van der Waals surface area contributed by atoms with Crippen LogP contribution in [0.15, 0.2) is 48.5 Å². The van der Waals surface area contributed by atoms with E-state index in [0.717, 1.165) is 5.56 Å². The van der Waals surface area contributed by atoms with Gasteiger partial charge in [0.25, 0.3) is 0 Å². The molecular formula is C18H22N2O4. The van der Waals surface area contributed by atoms with Gasteiger partial charge in [0.15, 0.2) is 11.5 Å². The summed E-state index contributed by atoms with van der Waals surface area (Å²) in [5, 5.41) is 15.6. The molecule has 128 valence electrons. The molecule has 24 heavy (non-hydrogen) atoms. The van der Waals surface area contributed by atoms with Gasteiger partial charge in [0.1, 0.15) is 0 Å². The molecule has 1 unspecified atom stereocenters. The number of nitrogens with one attached hydrogen (secondary N) is 2. The van der Waals surface area contributed by atoms with Gasteiger partial charge in [-0.1, -0.05) is 36.4 Å². The minimum Gasteiger partial charge on any atom is -0.493 e. The van der Waals surface area contributed by atoms with Crippen molar-refractivity contribution in [1.29, 1.82) is 0 Å². The smallest absolute Gasteiger partial charge is 0.315 e. The third kappa shape index (κ3) is 4.89. The topological polar surface area (TPSA) is 79.8 Å². The molecule has 0 spiro atoms. The zero-order valence-electron chi connectivity index (χ0n) is 13.8. The van der Waals surface area contributed by atoms with Crippen LogP contribution in [0.5, 0.6) is 11.5 Å². The van der Waals surface area contributed by atoms with E-state index in [1.165, 1.54) is 7.11 Å². The zero-order valence-corrected chi connectivity index (χ0v) is 13.8. The van der Waals surface area contributed by atoms with Gasteiger partial charge >= 0.3 is 6.03 Å². The average molecular weight is 330 g/mol. The Bertz CT molecular complexity index is 661. The number of amides is 2. The second-order valence-corrected chi connectivity index (χ2v) is 5.18. The quantitative estimate of drug-likeness (QED) is 0.727. The van der Waals surface area contributed by atoms with Gasteiger partial charge in [0, 0.05) is 13.1 Å². The Morgan fingerprint density at radius 3 is 2.42 bits per heavy atom. The van der Waals surface area contributed by atoms with Crippen LogP contribution in [0.25, 0.3) is 0 Å². The third-order valence-electron chi connectivity index (χ3n) is 3.54. The van der Waals surface area contributed by atoms with Crippen molar-refractivity contribution in [3.8, 4) is 11.5 Å². The standard InChI is InChI=1S/C18H22N2O4/c1-23-16-9-8-14(10-17(16)24-2)15(21)12-20-18(22)19-11-13-6-4-3-5-7-13/h3-10,15,21H,11-12H2,1-2H3,(H2,19,20,22). The zero-order chi connectivity index (χ0) is 17.4. The lowest BCUT2D eigenvalue weighted by Gasteiger charge is -2.15. The highest BCUT2D eigenvalue weighted by Gasteiger charge is 2.12. The Morgan fingerprint density at radius 2 is 1.75 bits per heavy atom. The van der Waals surface area contributed by atoms with Gasteiger partial charge in [0.2, 0.25) is 0 Å². The highest BCUT2D eigenvalue weighted by Crippen LogP contribution is 2.29. The first-order valence-electron chi connectivity index (χ1n) is 7.59. The summed E-state index contributed by atoms with van der Waals surface area (Å²) < 4.78 is 10.4. The highest BCUT2D eigenvalue weighted by atomic mass is 16.5. The number of hydrogen-bond acceptors (Lipinski definition) is 4. The second-order valence-electron chi connectivity index (χ2n) is 5.18. The molecule has 0 fully saturated rings. The third-order valence-corrected chi connectivity index (χ3v) is 3.54. The summed E-state index contributed by atoms with van der Waals surface area (Å²) in [6, 6.07) is 14.4. The van der Waals surface area contributed by atoms with Crippen molar-refractivity contribution in [1.82, 2.24) is 10.6 Å². The molecule has 6 heteroatoms. The average Bonchev–Trinajstić information content (AvgIpc) is 2.64. The van der Waals surface area contributed by atoms with E-state index in [4.69, 9.17) is 9.47 Å². The molecule has 0 aliphatic rings. The van der Waals surface area contributed by atoms with Crippen LogP contribution in [-0.4, -0.2) is 31.9 Å². The fourth-order valence-electron chi connectivity index (χ4n) is 2.21. The molecule has 2 aromatic rings. The van der Waals surface area contributed by atoms with Crippen molar-refractivity contribution in [3.05, 3.63) is 59.7 Å². The molecule has 2 aromatic carbocycles. The number of hydrogen-bond donors (Lipinski definition) is 3. The van der Waals surface area contributed by atoms with Gasteiger partial charge in [-0.2, -0.15) is 0 Å². The summed E-state index contributed by atoms with van der Waals surface area (Å²) in [4.78, 5) is 11.8. The molecule has 2 amide bonds. The lowest BCUT2D eigenvalue weighted by Crippen LogP contribution is -2.37. The number of carbonyl (C=O) groups excluding carboxylic acids is 1. The lowest BCUT2D eigenvalue weighted by molar-refractivity contribution is 0.172. The molecule has 6 nitrogen and oxygen atoms in total. The number of aliphatic hydroxyl groups is 1. The summed E-state index contributed by atoms with van der Waals surface area (Å²) in [6.45, 7) is 0.523. The van der Waals surface area contributed by atoms with Crippen LogP contribution >= 0.6 is 0 Å². The molecule has 0 saturated heterocycles. The Hall–Kier alpha value is -2.73. The fraction of sp³-hybridized carbons (Fsp3) is 0.278. The van der Waals surface area contributed by atoms with E-state index in [2.05, 4.69) is 10.6 Å². The molecule has 0 saturated carbocycles. The summed E-state index contributed by atoms with van der Waals surface area (Å²) >= 11 is 0. The lowest BCUT2D eigenvalue weighted by atomic mass is 10.1. The van der Waals surface area contributed by atoms with E-state index in [9.17, 15) is 9.90 Å². The Balaban J connectivity index is 1.84. The van der Waals surface area contributed by atoms with E-state index in [1.54, 1.807) is 25.3 Å². The normalized spacial score (nSPS) is 11.5. The number of benzene rings is 2. The maximum absolute atomic E-state index is 11.8.